The number of amides is 1. The predicted octanol–water partition coefficient (Wildman–Crippen LogP) is 4.80. The van der Waals surface area contributed by atoms with E-state index in [4.69, 9.17) is 21.4 Å². The van der Waals surface area contributed by atoms with E-state index in [1.807, 2.05) is 44.4 Å². The van der Waals surface area contributed by atoms with Gasteiger partial charge in [0.1, 0.15) is 5.75 Å². The van der Waals surface area contributed by atoms with Crippen molar-refractivity contribution in [2.24, 2.45) is 0 Å². The quantitative estimate of drug-likeness (QED) is 0.404. The Hall–Kier alpha value is -3.81. The zero-order valence-corrected chi connectivity index (χ0v) is 19.5. The first-order valence-corrected chi connectivity index (χ1v) is 11.0. The Morgan fingerprint density at radius 2 is 1.85 bits per heavy atom. The Labute approximate surface area is 202 Å². The lowest BCUT2D eigenvalue weighted by Gasteiger charge is -2.16. The van der Waals surface area contributed by atoms with Gasteiger partial charge in [0.2, 0.25) is 0 Å². The molecule has 8 heteroatoms. The standard InChI is InChI=1S/C26H24ClN3O4/c1-30(2)14-16-6-9-19(10-7-16)28-25(17-4-3-5-20(12-17)34-15-23(31)32)24-21-11-8-18(27)13-22(21)29-26(24)33/h3-13,28H,14-15H2,1-2H3,(H,29,33)(H,31,32). The number of carbonyl (C=O) groups excluding carboxylic acids is 1. The summed E-state index contributed by atoms with van der Waals surface area (Å²) in [6, 6.07) is 20.2. The average molecular weight is 478 g/mol. The van der Waals surface area contributed by atoms with E-state index in [0.717, 1.165) is 23.4 Å². The zero-order valence-electron chi connectivity index (χ0n) is 18.8. The van der Waals surface area contributed by atoms with E-state index >= 15 is 0 Å². The van der Waals surface area contributed by atoms with Crippen LogP contribution in [0.3, 0.4) is 0 Å². The van der Waals surface area contributed by atoms with E-state index < -0.39 is 12.6 Å². The number of aliphatic carboxylic acids is 1. The van der Waals surface area contributed by atoms with Crippen molar-refractivity contribution < 1.29 is 19.4 Å². The predicted molar refractivity (Wildman–Crippen MR) is 134 cm³/mol. The Morgan fingerprint density at radius 3 is 2.56 bits per heavy atom. The van der Waals surface area contributed by atoms with Gasteiger partial charge in [-0.05, 0) is 56.1 Å². The summed E-state index contributed by atoms with van der Waals surface area (Å²) in [5.41, 5.74) is 5.02. The number of hydrogen-bond donors (Lipinski definition) is 3. The molecule has 1 amide bonds. The summed E-state index contributed by atoms with van der Waals surface area (Å²) in [4.78, 5) is 26.1. The second-order valence-corrected chi connectivity index (χ2v) is 8.60. The molecule has 0 bridgehead atoms. The summed E-state index contributed by atoms with van der Waals surface area (Å²) in [5.74, 6) is -0.947. The van der Waals surface area contributed by atoms with Gasteiger partial charge in [-0.25, -0.2) is 4.79 Å². The summed E-state index contributed by atoms with van der Waals surface area (Å²) in [5, 5.41) is 15.7. The molecule has 34 heavy (non-hydrogen) atoms. The fourth-order valence-electron chi connectivity index (χ4n) is 3.76. The third-order valence-corrected chi connectivity index (χ3v) is 5.42. The second-order valence-electron chi connectivity index (χ2n) is 8.16. The number of nitrogens with zero attached hydrogens (tertiary/aromatic N) is 1. The number of carboxylic acids is 1. The van der Waals surface area contributed by atoms with Gasteiger partial charge in [-0.2, -0.15) is 0 Å². The minimum Gasteiger partial charge on any atom is -0.482 e. The highest BCUT2D eigenvalue weighted by molar-refractivity contribution is 6.38. The summed E-state index contributed by atoms with van der Waals surface area (Å²) in [6.07, 6.45) is 0. The van der Waals surface area contributed by atoms with Crippen LogP contribution in [0.15, 0.2) is 66.7 Å². The fraction of sp³-hybridized carbons (Fsp3) is 0.154. The van der Waals surface area contributed by atoms with Gasteiger partial charge in [-0.15, -0.1) is 0 Å². The maximum atomic E-state index is 13.1. The number of ether oxygens (including phenoxy) is 1. The first-order chi connectivity index (χ1) is 16.3. The Morgan fingerprint density at radius 1 is 1.09 bits per heavy atom. The smallest absolute Gasteiger partial charge is 0.341 e. The lowest BCUT2D eigenvalue weighted by atomic mass is 9.99. The van der Waals surface area contributed by atoms with Crippen molar-refractivity contribution in [3.05, 3.63) is 88.4 Å². The molecule has 1 aliphatic heterocycles. The van der Waals surface area contributed by atoms with Crippen molar-refractivity contribution in [2.45, 2.75) is 6.54 Å². The molecule has 0 saturated heterocycles. The van der Waals surface area contributed by atoms with Gasteiger partial charge < -0.3 is 25.4 Å². The van der Waals surface area contributed by atoms with E-state index in [0.29, 0.717) is 33.3 Å². The van der Waals surface area contributed by atoms with Crippen molar-refractivity contribution in [3.8, 4) is 5.75 Å². The lowest BCUT2D eigenvalue weighted by Crippen LogP contribution is -2.12. The van der Waals surface area contributed by atoms with E-state index in [-0.39, 0.29) is 5.91 Å². The van der Waals surface area contributed by atoms with Gasteiger partial charge in [0.25, 0.3) is 5.91 Å². The van der Waals surface area contributed by atoms with Crippen LogP contribution in [0, 0.1) is 0 Å². The van der Waals surface area contributed by atoms with Gasteiger partial charge in [0, 0.05) is 28.4 Å². The van der Waals surface area contributed by atoms with Crippen molar-refractivity contribution in [1.82, 2.24) is 4.90 Å². The first-order valence-electron chi connectivity index (χ1n) is 10.6. The van der Waals surface area contributed by atoms with Crippen LogP contribution in [0.4, 0.5) is 11.4 Å². The summed E-state index contributed by atoms with van der Waals surface area (Å²) in [7, 11) is 4.02. The SMILES string of the molecule is CN(C)Cc1ccc(NC(=C2C(=O)Nc3cc(Cl)ccc32)c2cccc(OCC(=O)O)c2)cc1. The van der Waals surface area contributed by atoms with E-state index in [1.54, 1.807) is 36.4 Å². The van der Waals surface area contributed by atoms with Gasteiger partial charge in [0.05, 0.1) is 17.0 Å². The number of nitrogens with one attached hydrogen (secondary N) is 2. The highest BCUT2D eigenvalue weighted by atomic mass is 35.5. The number of carboxylic acid groups (broad SMARTS) is 1. The monoisotopic (exact) mass is 477 g/mol. The van der Waals surface area contributed by atoms with Gasteiger partial charge in [0.15, 0.2) is 6.61 Å². The molecule has 0 saturated carbocycles. The van der Waals surface area contributed by atoms with Crippen molar-refractivity contribution in [1.29, 1.82) is 0 Å². The van der Waals surface area contributed by atoms with Gasteiger partial charge in [-0.3, -0.25) is 4.79 Å². The number of anilines is 2. The molecule has 0 atom stereocenters. The number of halogens is 1. The van der Waals surface area contributed by atoms with Crippen LogP contribution in [-0.2, 0) is 16.1 Å². The maximum absolute atomic E-state index is 13.1. The molecular formula is C26H24ClN3O4. The maximum Gasteiger partial charge on any atom is 0.341 e. The minimum absolute atomic E-state index is 0.263. The Balaban J connectivity index is 1.78. The third kappa shape index (κ3) is 5.39. The minimum atomic E-state index is -1.07. The molecule has 0 unspecified atom stereocenters. The summed E-state index contributed by atoms with van der Waals surface area (Å²) >= 11 is 6.13. The van der Waals surface area contributed by atoms with E-state index in [1.165, 1.54) is 0 Å². The Bertz CT molecular complexity index is 1270. The molecular weight excluding hydrogens is 454 g/mol. The molecule has 0 aromatic heterocycles. The average Bonchev–Trinajstić information content (AvgIpc) is 3.11. The highest BCUT2D eigenvalue weighted by Crippen LogP contribution is 2.39. The highest BCUT2D eigenvalue weighted by Gasteiger charge is 2.28. The molecule has 0 radical (unpaired) electrons. The molecule has 4 rings (SSSR count). The molecule has 1 heterocycles. The molecule has 0 aliphatic carbocycles. The molecule has 174 valence electrons. The van der Waals surface area contributed by atoms with Crippen LogP contribution in [0.25, 0.3) is 11.3 Å². The van der Waals surface area contributed by atoms with Crippen molar-refractivity contribution in [2.75, 3.05) is 31.3 Å². The van der Waals surface area contributed by atoms with E-state index in [9.17, 15) is 9.59 Å². The van der Waals surface area contributed by atoms with Gasteiger partial charge in [-0.1, -0.05) is 41.9 Å². The molecule has 0 spiro atoms. The van der Waals surface area contributed by atoms with Crippen LogP contribution >= 0.6 is 11.6 Å². The fourth-order valence-corrected chi connectivity index (χ4v) is 3.93. The number of carbonyl (C=O) groups is 2. The van der Waals surface area contributed by atoms with Crippen molar-refractivity contribution in [3.63, 3.8) is 0 Å². The second kappa shape index (κ2) is 9.99. The Kier molecular flexibility index (Phi) is 6.86. The molecule has 0 fully saturated rings. The van der Waals surface area contributed by atoms with Crippen LogP contribution in [0.1, 0.15) is 16.7 Å². The largest absolute Gasteiger partial charge is 0.482 e. The summed E-state index contributed by atoms with van der Waals surface area (Å²) in [6.45, 7) is 0.353. The number of rotatable bonds is 8. The molecule has 1 aliphatic rings. The zero-order chi connectivity index (χ0) is 24.2. The van der Waals surface area contributed by atoms with Crippen LogP contribution in [0.2, 0.25) is 5.02 Å². The number of fused-ring (bicyclic) bond motifs is 1. The topological polar surface area (TPSA) is 90.9 Å². The number of benzene rings is 3. The number of hydrogen-bond acceptors (Lipinski definition) is 5. The van der Waals surface area contributed by atoms with E-state index in [2.05, 4.69) is 15.5 Å². The lowest BCUT2D eigenvalue weighted by molar-refractivity contribution is -0.139. The van der Waals surface area contributed by atoms with Gasteiger partial charge >= 0.3 is 5.97 Å². The summed E-state index contributed by atoms with van der Waals surface area (Å²) < 4.78 is 5.36. The van der Waals surface area contributed by atoms with Crippen LogP contribution in [-0.4, -0.2) is 42.6 Å². The van der Waals surface area contributed by atoms with Crippen LogP contribution < -0.4 is 15.4 Å². The van der Waals surface area contributed by atoms with Crippen molar-refractivity contribution >= 4 is 46.1 Å². The molecule has 3 aromatic rings. The molecule has 3 aromatic carbocycles. The first kappa shape index (κ1) is 23.4. The van der Waals surface area contributed by atoms with Crippen LogP contribution in [0.5, 0.6) is 5.75 Å². The normalized spacial score (nSPS) is 13.9. The molecule has 7 nitrogen and oxygen atoms in total. The molecule has 3 N–H and O–H groups in total. The third-order valence-electron chi connectivity index (χ3n) is 5.18.